The standard InChI is InChI=1S/C22H25N9O2/c1-4-14-11-19(29-28-14)26-18-10-13(2)25-22(27-18)31-9-5-6-16(31)17-12-15(30-33-17)20-21(32-3)24-8-7-23-20/h7-8,10-12,16H,4-6,9H2,1-3H3,(H2,25,26,27,28,29)/t16-/m0/s1. The second kappa shape index (κ2) is 8.85. The molecule has 4 aromatic heterocycles. The van der Waals surface area contributed by atoms with E-state index in [0.29, 0.717) is 29.0 Å². The van der Waals surface area contributed by atoms with Crippen molar-refractivity contribution in [3.8, 4) is 17.3 Å². The van der Waals surface area contributed by atoms with Crippen LogP contribution in [0.2, 0.25) is 0 Å². The number of nitrogens with zero attached hydrogens (tertiary/aromatic N) is 7. The molecule has 1 aliphatic rings. The largest absolute Gasteiger partial charge is 0.479 e. The molecule has 11 heteroatoms. The maximum absolute atomic E-state index is 5.73. The molecule has 0 radical (unpaired) electrons. The van der Waals surface area contributed by atoms with Gasteiger partial charge in [-0.05, 0) is 26.2 Å². The quantitative estimate of drug-likeness (QED) is 0.433. The van der Waals surface area contributed by atoms with Gasteiger partial charge in [0.05, 0.1) is 13.2 Å². The molecule has 0 bridgehead atoms. The molecule has 170 valence electrons. The first-order valence-corrected chi connectivity index (χ1v) is 10.9. The third-order valence-corrected chi connectivity index (χ3v) is 5.58. The molecule has 2 N–H and O–H groups in total. The van der Waals surface area contributed by atoms with E-state index < -0.39 is 0 Å². The van der Waals surface area contributed by atoms with Gasteiger partial charge in [-0.15, -0.1) is 0 Å². The van der Waals surface area contributed by atoms with Gasteiger partial charge in [0.1, 0.15) is 11.5 Å². The summed E-state index contributed by atoms with van der Waals surface area (Å²) in [5.74, 6) is 3.20. The molecule has 1 aliphatic heterocycles. The van der Waals surface area contributed by atoms with Crippen molar-refractivity contribution >= 4 is 17.6 Å². The number of hydrogen-bond donors (Lipinski definition) is 2. The number of anilines is 3. The second-order valence-electron chi connectivity index (χ2n) is 7.83. The number of ether oxygens (including phenoxy) is 1. The van der Waals surface area contributed by atoms with Crippen molar-refractivity contribution in [2.24, 2.45) is 0 Å². The van der Waals surface area contributed by atoms with Crippen LogP contribution in [0.3, 0.4) is 0 Å². The molecule has 11 nitrogen and oxygen atoms in total. The molecule has 1 atom stereocenters. The first-order valence-electron chi connectivity index (χ1n) is 10.9. The Morgan fingerprint density at radius 2 is 2.06 bits per heavy atom. The molecule has 5 rings (SSSR count). The molecule has 4 aromatic rings. The van der Waals surface area contributed by atoms with Crippen molar-refractivity contribution in [3.05, 3.63) is 47.7 Å². The Kier molecular flexibility index (Phi) is 5.59. The number of methoxy groups -OCH3 is 1. The number of aromatic nitrogens is 7. The maximum Gasteiger partial charge on any atom is 0.242 e. The Balaban J connectivity index is 1.41. The van der Waals surface area contributed by atoms with Crippen molar-refractivity contribution in [1.82, 2.24) is 35.3 Å². The van der Waals surface area contributed by atoms with E-state index in [1.165, 1.54) is 0 Å². The summed E-state index contributed by atoms with van der Waals surface area (Å²) in [6.45, 7) is 4.85. The van der Waals surface area contributed by atoms with Crippen LogP contribution < -0.4 is 15.0 Å². The predicted molar refractivity (Wildman–Crippen MR) is 121 cm³/mol. The van der Waals surface area contributed by atoms with E-state index in [4.69, 9.17) is 14.2 Å². The zero-order chi connectivity index (χ0) is 22.8. The summed E-state index contributed by atoms with van der Waals surface area (Å²) in [6, 6.07) is 5.75. The fraction of sp³-hybridized carbons (Fsp3) is 0.364. The van der Waals surface area contributed by atoms with Crippen LogP contribution in [0.5, 0.6) is 5.88 Å². The van der Waals surface area contributed by atoms with Gasteiger partial charge in [-0.2, -0.15) is 10.1 Å². The minimum atomic E-state index is -0.0272. The first-order chi connectivity index (χ1) is 16.1. The highest BCUT2D eigenvalue weighted by Gasteiger charge is 2.32. The Morgan fingerprint density at radius 3 is 2.88 bits per heavy atom. The highest BCUT2D eigenvalue weighted by molar-refractivity contribution is 5.60. The van der Waals surface area contributed by atoms with E-state index in [1.807, 2.05) is 25.1 Å². The zero-order valence-electron chi connectivity index (χ0n) is 18.7. The van der Waals surface area contributed by atoms with Crippen molar-refractivity contribution in [3.63, 3.8) is 0 Å². The predicted octanol–water partition coefficient (Wildman–Crippen LogP) is 3.61. The first kappa shape index (κ1) is 20.9. The van der Waals surface area contributed by atoms with Crippen molar-refractivity contribution in [1.29, 1.82) is 0 Å². The van der Waals surface area contributed by atoms with Gasteiger partial charge < -0.3 is 19.5 Å². The summed E-state index contributed by atoms with van der Waals surface area (Å²) >= 11 is 0. The van der Waals surface area contributed by atoms with Gasteiger partial charge in [-0.25, -0.2) is 15.0 Å². The summed E-state index contributed by atoms with van der Waals surface area (Å²) in [6.07, 6.45) is 5.97. The van der Waals surface area contributed by atoms with Gasteiger partial charge in [0.2, 0.25) is 11.8 Å². The number of nitrogens with one attached hydrogen (secondary N) is 2. The van der Waals surface area contributed by atoms with Gasteiger partial charge in [-0.3, -0.25) is 5.10 Å². The number of H-pyrrole nitrogens is 1. The van der Waals surface area contributed by atoms with Crippen molar-refractivity contribution < 1.29 is 9.26 Å². The number of aryl methyl sites for hydroxylation is 2. The topological polar surface area (TPSA) is 131 Å². The number of hydrogen-bond acceptors (Lipinski definition) is 10. The molecule has 1 saturated heterocycles. The Bertz CT molecular complexity index is 1250. The smallest absolute Gasteiger partial charge is 0.242 e. The third kappa shape index (κ3) is 4.21. The monoisotopic (exact) mass is 447 g/mol. The molecule has 5 heterocycles. The van der Waals surface area contributed by atoms with Gasteiger partial charge in [0.15, 0.2) is 17.3 Å². The van der Waals surface area contributed by atoms with E-state index >= 15 is 0 Å². The van der Waals surface area contributed by atoms with Crippen LogP contribution in [0.25, 0.3) is 11.4 Å². The molecule has 0 saturated carbocycles. The van der Waals surface area contributed by atoms with Crippen LogP contribution >= 0.6 is 0 Å². The van der Waals surface area contributed by atoms with Gasteiger partial charge in [0, 0.05) is 48.5 Å². The molecule has 0 unspecified atom stereocenters. The SMILES string of the molecule is CCc1cc(Nc2cc(C)nc(N3CCC[C@H]3c3cc(-c4nccnc4OC)no3)n2)n[nH]1. The summed E-state index contributed by atoms with van der Waals surface area (Å²) in [7, 11) is 1.56. The van der Waals surface area contributed by atoms with E-state index in [-0.39, 0.29) is 6.04 Å². The molecule has 1 fully saturated rings. The van der Waals surface area contributed by atoms with Crippen molar-refractivity contribution in [2.75, 3.05) is 23.9 Å². The molecule has 0 amide bonds. The average molecular weight is 448 g/mol. The lowest BCUT2D eigenvalue weighted by Gasteiger charge is -2.23. The van der Waals surface area contributed by atoms with E-state index in [1.54, 1.807) is 19.5 Å². The fourth-order valence-electron chi connectivity index (χ4n) is 3.99. The normalized spacial score (nSPS) is 15.7. The molecule has 0 spiro atoms. The third-order valence-electron chi connectivity index (χ3n) is 5.58. The minimum absolute atomic E-state index is 0.0272. The average Bonchev–Trinajstić information content (AvgIpc) is 3.58. The molecular formula is C22H25N9O2. The lowest BCUT2D eigenvalue weighted by Crippen LogP contribution is -2.25. The fourth-order valence-corrected chi connectivity index (χ4v) is 3.99. The summed E-state index contributed by atoms with van der Waals surface area (Å²) in [5.41, 5.74) is 3.05. The molecule has 0 aromatic carbocycles. The maximum atomic E-state index is 5.73. The zero-order valence-corrected chi connectivity index (χ0v) is 18.7. The van der Waals surface area contributed by atoms with Crippen LogP contribution in [0.15, 0.2) is 35.1 Å². The number of aromatic amines is 1. The van der Waals surface area contributed by atoms with Gasteiger partial charge >= 0.3 is 0 Å². The highest BCUT2D eigenvalue weighted by atomic mass is 16.5. The summed E-state index contributed by atoms with van der Waals surface area (Å²) < 4.78 is 11.0. The van der Waals surface area contributed by atoms with Gasteiger partial charge in [0.25, 0.3) is 0 Å². The van der Waals surface area contributed by atoms with Crippen LogP contribution in [0.1, 0.15) is 43.0 Å². The van der Waals surface area contributed by atoms with E-state index in [0.717, 1.165) is 48.8 Å². The lowest BCUT2D eigenvalue weighted by atomic mass is 10.1. The highest BCUT2D eigenvalue weighted by Crippen LogP contribution is 2.37. The van der Waals surface area contributed by atoms with Gasteiger partial charge in [-0.1, -0.05) is 12.1 Å². The summed E-state index contributed by atoms with van der Waals surface area (Å²) in [4.78, 5) is 20.1. The minimum Gasteiger partial charge on any atom is -0.479 e. The Labute approximate surface area is 190 Å². The van der Waals surface area contributed by atoms with Crippen LogP contribution in [-0.4, -0.2) is 48.9 Å². The van der Waals surface area contributed by atoms with Crippen LogP contribution in [0.4, 0.5) is 17.6 Å². The molecular weight excluding hydrogens is 422 g/mol. The Hall–Kier alpha value is -4.02. The molecule has 33 heavy (non-hydrogen) atoms. The molecule has 0 aliphatic carbocycles. The van der Waals surface area contributed by atoms with Crippen LogP contribution in [0, 0.1) is 6.92 Å². The van der Waals surface area contributed by atoms with E-state index in [2.05, 4.69) is 47.4 Å². The second-order valence-corrected chi connectivity index (χ2v) is 7.83. The Morgan fingerprint density at radius 1 is 1.18 bits per heavy atom. The van der Waals surface area contributed by atoms with Crippen LogP contribution in [-0.2, 0) is 6.42 Å². The van der Waals surface area contributed by atoms with Crippen molar-refractivity contribution in [2.45, 2.75) is 39.2 Å². The lowest BCUT2D eigenvalue weighted by molar-refractivity contribution is 0.361. The van der Waals surface area contributed by atoms with E-state index in [9.17, 15) is 0 Å². The number of rotatable bonds is 7. The summed E-state index contributed by atoms with van der Waals surface area (Å²) in [5, 5.41) is 14.8.